The Morgan fingerprint density at radius 3 is 2.83 bits per heavy atom. The number of piperidine rings is 1. The van der Waals surface area contributed by atoms with Crippen LogP contribution >= 0.6 is 11.6 Å². The molecule has 0 saturated carbocycles. The van der Waals surface area contributed by atoms with E-state index in [1.165, 1.54) is 32.4 Å². The zero-order valence-electron chi connectivity index (χ0n) is 11.1. The molecule has 1 atom stereocenters. The van der Waals surface area contributed by atoms with Gasteiger partial charge in [-0.3, -0.25) is 4.90 Å². The van der Waals surface area contributed by atoms with Crippen LogP contribution in [0, 0.1) is 6.92 Å². The van der Waals surface area contributed by atoms with Crippen molar-refractivity contribution in [3.05, 3.63) is 17.0 Å². The highest BCUT2D eigenvalue weighted by Crippen LogP contribution is 2.15. The average Bonchev–Trinajstić information content (AvgIpc) is 2.40. The molecule has 1 aliphatic heterocycles. The van der Waals surface area contributed by atoms with Gasteiger partial charge in [0.2, 0.25) is 5.28 Å². The van der Waals surface area contributed by atoms with Crippen LogP contribution in [-0.4, -0.2) is 40.5 Å². The minimum Gasteiger partial charge on any atom is -0.368 e. The van der Waals surface area contributed by atoms with Gasteiger partial charge in [0.25, 0.3) is 0 Å². The zero-order chi connectivity index (χ0) is 13.0. The van der Waals surface area contributed by atoms with Gasteiger partial charge >= 0.3 is 0 Å². The maximum atomic E-state index is 5.81. The van der Waals surface area contributed by atoms with E-state index in [-0.39, 0.29) is 0 Å². The number of rotatable bonds is 4. The summed E-state index contributed by atoms with van der Waals surface area (Å²) in [6.45, 7) is 7.58. The van der Waals surface area contributed by atoms with Crippen LogP contribution in [0.5, 0.6) is 0 Å². The van der Waals surface area contributed by atoms with Gasteiger partial charge < -0.3 is 5.32 Å². The number of halogens is 1. The summed E-state index contributed by atoms with van der Waals surface area (Å²) in [6, 6.07) is 0.526. The van der Waals surface area contributed by atoms with Crippen LogP contribution in [0.1, 0.15) is 31.7 Å². The van der Waals surface area contributed by atoms with E-state index >= 15 is 0 Å². The topological polar surface area (TPSA) is 41.1 Å². The van der Waals surface area contributed by atoms with Crippen molar-refractivity contribution in [3.8, 4) is 0 Å². The Balaban J connectivity index is 1.88. The van der Waals surface area contributed by atoms with Crippen LogP contribution in [0.25, 0.3) is 0 Å². The Bertz CT molecular complexity index is 391. The third kappa shape index (κ3) is 3.56. The molecule has 1 aromatic rings. The molecule has 0 aromatic carbocycles. The predicted octanol–water partition coefficient (Wildman–Crippen LogP) is 2.72. The van der Waals surface area contributed by atoms with Crippen LogP contribution in [0.15, 0.2) is 6.20 Å². The van der Waals surface area contributed by atoms with Crippen molar-refractivity contribution in [1.82, 2.24) is 14.9 Å². The molecule has 2 rings (SSSR count). The summed E-state index contributed by atoms with van der Waals surface area (Å²) >= 11 is 5.81. The predicted molar refractivity (Wildman–Crippen MR) is 75.2 cm³/mol. The highest BCUT2D eigenvalue weighted by molar-refractivity contribution is 6.28. The van der Waals surface area contributed by atoms with Crippen molar-refractivity contribution in [2.45, 2.75) is 39.2 Å². The smallest absolute Gasteiger partial charge is 0.224 e. The molecular weight excluding hydrogens is 248 g/mol. The standard InChI is InChI=1S/C13H21ClN4/c1-10-8-16-13(14)17-12(10)15-9-11(2)18-6-4-3-5-7-18/h8,11H,3-7,9H2,1-2H3,(H,15,16,17). The number of likely N-dealkylation sites (tertiary alicyclic amines) is 1. The van der Waals surface area contributed by atoms with E-state index in [1.54, 1.807) is 6.20 Å². The molecule has 4 nitrogen and oxygen atoms in total. The molecule has 1 N–H and O–H groups in total. The number of hydrogen-bond acceptors (Lipinski definition) is 4. The fourth-order valence-electron chi connectivity index (χ4n) is 2.33. The van der Waals surface area contributed by atoms with Gasteiger partial charge in [0, 0.05) is 24.3 Å². The third-order valence-corrected chi connectivity index (χ3v) is 3.70. The molecule has 1 aromatic heterocycles. The first-order valence-electron chi connectivity index (χ1n) is 6.64. The van der Waals surface area contributed by atoms with Crippen molar-refractivity contribution in [2.24, 2.45) is 0 Å². The summed E-state index contributed by atoms with van der Waals surface area (Å²) in [5.74, 6) is 0.846. The Morgan fingerprint density at radius 2 is 2.11 bits per heavy atom. The van der Waals surface area contributed by atoms with Crippen molar-refractivity contribution in [2.75, 3.05) is 25.0 Å². The second-order valence-corrected chi connectivity index (χ2v) is 5.34. The summed E-state index contributed by atoms with van der Waals surface area (Å²) in [5, 5.41) is 3.67. The average molecular weight is 269 g/mol. The van der Waals surface area contributed by atoms with Gasteiger partial charge in [0.15, 0.2) is 0 Å². The van der Waals surface area contributed by atoms with Crippen LogP contribution in [0.4, 0.5) is 5.82 Å². The van der Waals surface area contributed by atoms with Gasteiger partial charge in [0.1, 0.15) is 5.82 Å². The molecule has 1 fully saturated rings. The minimum absolute atomic E-state index is 0.300. The van der Waals surface area contributed by atoms with Gasteiger partial charge in [-0.2, -0.15) is 0 Å². The summed E-state index contributed by atoms with van der Waals surface area (Å²) in [4.78, 5) is 10.7. The van der Waals surface area contributed by atoms with E-state index < -0.39 is 0 Å². The van der Waals surface area contributed by atoms with Crippen LogP contribution in [0.2, 0.25) is 5.28 Å². The van der Waals surface area contributed by atoms with Crippen LogP contribution < -0.4 is 5.32 Å². The lowest BCUT2D eigenvalue weighted by Crippen LogP contribution is -2.41. The highest BCUT2D eigenvalue weighted by atomic mass is 35.5. The van der Waals surface area contributed by atoms with Crippen molar-refractivity contribution in [1.29, 1.82) is 0 Å². The maximum Gasteiger partial charge on any atom is 0.224 e. The number of nitrogens with zero attached hydrogens (tertiary/aromatic N) is 3. The first kappa shape index (κ1) is 13.6. The van der Waals surface area contributed by atoms with E-state index in [9.17, 15) is 0 Å². The zero-order valence-corrected chi connectivity index (χ0v) is 11.9. The van der Waals surface area contributed by atoms with Gasteiger partial charge in [0.05, 0.1) is 0 Å². The molecule has 1 unspecified atom stereocenters. The molecule has 0 aliphatic carbocycles. The van der Waals surface area contributed by atoms with E-state index in [1.807, 2.05) is 6.92 Å². The fourth-order valence-corrected chi connectivity index (χ4v) is 2.47. The van der Waals surface area contributed by atoms with Crippen molar-refractivity contribution < 1.29 is 0 Å². The third-order valence-electron chi connectivity index (χ3n) is 3.52. The summed E-state index contributed by atoms with van der Waals surface area (Å²) in [7, 11) is 0. The molecule has 0 radical (unpaired) electrons. The lowest BCUT2D eigenvalue weighted by atomic mass is 10.1. The molecule has 100 valence electrons. The SMILES string of the molecule is Cc1cnc(Cl)nc1NCC(C)N1CCCCC1. The molecule has 18 heavy (non-hydrogen) atoms. The number of nitrogens with one attached hydrogen (secondary N) is 1. The quantitative estimate of drug-likeness (QED) is 0.853. The van der Waals surface area contributed by atoms with E-state index in [0.29, 0.717) is 11.3 Å². The largest absolute Gasteiger partial charge is 0.368 e. The van der Waals surface area contributed by atoms with Crippen LogP contribution in [-0.2, 0) is 0 Å². The molecule has 0 amide bonds. The van der Waals surface area contributed by atoms with Gasteiger partial charge in [-0.1, -0.05) is 6.42 Å². The lowest BCUT2D eigenvalue weighted by molar-refractivity contribution is 0.180. The summed E-state index contributed by atoms with van der Waals surface area (Å²) in [5.41, 5.74) is 1.03. The van der Waals surface area contributed by atoms with Gasteiger partial charge in [-0.05, 0) is 51.4 Å². The summed E-state index contributed by atoms with van der Waals surface area (Å²) in [6.07, 6.45) is 5.77. The van der Waals surface area contributed by atoms with E-state index in [4.69, 9.17) is 11.6 Å². The second kappa shape index (κ2) is 6.34. The molecule has 1 aliphatic rings. The molecular formula is C13H21ClN4. The molecule has 0 spiro atoms. The molecule has 1 saturated heterocycles. The molecule has 5 heteroatoms. The fraction of sp³-hybridized carbons (Fsp3) is 0.692. The number of aryl methyl sites for hydroxylation is 1. The Kier molecular flexibility index (Phi) is 4.78. The highest BCUT2D eigenvalue weighted by Gasteiger charge is 2.16. The number of anilines is 1. The number of aromatic nitrogens is 2. The number of hydrogen-bond donors (Lipinski definition) is 1. The maximum absolute atomic E-state index is 5.81. The minimum atomic E-state index is 0.300. The van der Waals surface area contributed by atoms with Crippen molar-refractivity contribution in [3.63, 3.8) is 0 Å². The Morgan fingerprint density at radius 1 is 1.39 bits per heavy atom. The monoisotopic (exact) mass is 268 g/mol. The van der Waals surface area contributed by atoms with Crippen molar-refractivity contribution >= 4 is 17.4 Å². The molecule has 2 heterocycles. The second-order valence-electron chi connectivity index (χ2n) is 5.00. The van der Waals surface area contributed by atoms with E-state index in [2.05, 4.69) is 27.1 Å². The normalized spacial score (nSPS) is 18.6. The van der Waals surface area contributed by atoms with Crippen LogP contribution in [0.3, 0.4) is 0 Å². The van der Waals surface area contributed by atoms with E-state index in [0.717, 1.165) is 17.9 Å². The Hall–Kier alpha value is -0.870. The van der Waals surface area contributed by atoms with Gasteiger partial charge in [-0.15, -0.1) is 0 Å². The lowest BCUT2D eigenvalue weighted by Gasteiger charge is -2.32. The Labute approximate surface area is 114 Å². The van der Waals surface area contributed by atoms with Gasteiger partial charge in [-0.25, -0.2) is 9.97 Å². The summed E-state index contributed by atoms with van der Waals surface area (Å²) < 4.78 is 0. The first-order valence-corrected chi connectivity index (χ1v) is 7.01. The molecule has 0 bridgehead atoms. The first-order chi connectivity index (χ1) is 8.66.